The van der Waals surface area contributed by atoms with Crippen LogP contribution in [0.3, 0.4) is 0 Å². The Bertz CT molecular complexity index is 705. The molecular formula is C11H11ClFN3O2S2. The Kier molecular flexibility index (Phi) is 4.71. The van der Waals surface area contributed by atoms with Crippen molar-refractivity contribution in [2.24, 2.45) is 5.73 Å². The molecule has 5 nitrogen and oxygen atoms in total. The molecule has 0 bridgehead atoms. The molecule has 0 atom stereocenters. The lowest BCUT2D eigenvalue weighted by Crippen LogP contribution is -2.25. The fourth-order valence-corrected chi connectivity index (χ4v) is 3.54. The third-order valence-corrected chi connectivity index (χ3v) is 4.77. The van der Waals surface area contributed by atoms with Crippen LogP contribution in [-0.2, 0) is 23.1 Å². The second-order valence-electron chi connectivity index (χ2n) is 3.89. The zero-order valence-corrected chi connectivity index (χ0v) is 12.5. The standard InChI is InChI=1S/C11H11ClFN3O2S2/c12-8-1-7(3-14)11(13)10(2-8)20(17,18)16-4-9-5-19-6-15-9/h1-2,5-6,16H,3-4,14H2. The van der Waals surface area contributed by atoms with E-state index in [1.54, 1.807) is 10.9 Å². The molecule has 0 fully saturated rings. The summed E-state index contributed by atoms with van der Waals surface area (Å²) in [5.74, 6) is -0.886. The van der Waals surface area contributed by atoms with Gasteiger partial charge in [0.15, 0.2) is 0 Å². The van der Waals surface area contributed by atoms with Gasteiger partial charge in [0.05, 0.1) is 17.7 Å². The molecule has 0 aliphatic rings. The number of rotatable bonds is 5. The van der Waals surface area contributed by atoms with Gasteiger partial charge in [-0.1, -0.05) is 11.6 Å². The second-order valence-corrected chi connectivity index (χ2v) is 6.78. The topological polar surface area (TPSA) is 85.1 Å². The molecule has 1 aromatic carbocycles. The number of hydrogen-bond acceptors (Lipinski definition) is 5. The number of nitrogens with one attached hydrogen (secondary N) is 1. The molecule has 2 aromatic rings. The Hall–Kier alpha value is -1.06. The first kappa shape index (κ1) is 15.3. The fourth-order valence-electron chi connectivity index (χ4n) is 1.53. The summed E-state index contributed by atoms with van der Waals surface area (Å²) in [6, 6.07) is 2.36. The Morgan fingerprint density at radius 1 is 1.45 bits per heavy atom. The molecule has 108 valence electrons. The normalized spacial score (nSPS) is 11.8. The van der Waals surface area contributed by atoms with E-state index in [0.717, 1.165) is 6.07 Å². The van der Waals surface area contributed by atoms with Crippen molar-refractivity contribution in [1.82, 2.24) is 9.71 Å². The molecule has 0 saturated heterocycles. The minimum Gasteiger partial charge on any atom is -0.326 e. The summed E-state index contributed by atoms with van der Waals surface area (Å²) in [4.78, 5) is 3.43. The molecule has 0 radical (unpaired) electrons. The number of thiazole rings is 1. The van der Waals surface area contributed by atoms with Gasteiger partial charge in [0, 0.05) is 22.5 Å². The number of nitrogens with zero attached hydrogens (tertiary/aromatic N) is 1. The molecule has 2 rings (SSSR count). The number of hydrogen-bond donors (Lipinski definition) is 2. The zero-order valence-electron chi connectivity index (χ0n) is 10.1. The Morgan fingerprint density at radius 3 is 2.80 bits per heavy atom. The summed E-state index contributed by atoms with van der Waals surface area (Å²) in [6.07, 6.45) is 0. The van der Waals surface area contributed by atoms with Gasteiger partial charge in [0.2, 0.25) is 10.0 Å². The van der Waals surface area contributed by atoms with Gasteiger partial charge in [-0.3, -0.25) is 0 Å². The first-order valence-electron chi connectivity index (χ1n) is 5.49. The highest BCUT2D eigenvalue weighted by Crippen LogP contribution is 2.23. The van der Waals surface area contributed by atoms with Gasteiger partial charge in [-0.15, -0.1) is 11.3 Å². The zero-order chi connectivity index (χ0) is 14.8. The van der Waals surface area contributed by atoms with Crippen LogP contribution >= 0.6 is 22.9 Å². The van der Waals surface area contributed by atoms with Gasteiger partial charge in [0.25, 0.3) is 0 Å². The third kappa shape index (κ3) is 3.33. The van der Waals surface area contributed by atoms with E-state index in [9.17, 15) is 12.8 Å². The maximum atomic E-state index is 14.0. The van der Waals surface area contributed by atoms with Crippen LogP contribution in [0.5, 0.6) is 0 Å². The van der Waals surface area contributed by atoms with Crippen molar-refractivity contribution in [3.05, 3.63) is 45.1 Å². The van der Waals surface area contributed by atoms with E-state index in [2.05, 4.69) is 9.71 Å². The minimum absolute atomic E-state index is 0.0181. The van der Waals surface area contributed by atoms with Crippen molar-refractivity contribution < 1.29 is 12.8 Å². The summed E-state index contributed by atoms with van der Waals surface area (Å²) in [6.45, 7) is -0.156. The lowest BCUT2D eigenvalue weighted by Gasteiger charge is -2.10. The van der Waals surface area contributed by atoms with Crippen LogP contribution in [0.4, 0.5) is 4.39 Å². The SMILES string of the molecule is NCc1cc(Cl)cc(S(=O)(=O)NCc2cscn2)c1F. The van der Waals surface area contributed by atoms with Crippen molar-refractivity contribution in [1.29, 1.82) is 0 Å². The van der Waals surface area contributed by atoms with Crippen LogP contribution in [0.2, 0.25) is 5.02 Å². The third-order valence-electron chi connectivity index (χ3n) is 2.52. The summed E-state index contributed by atoms with van der Waals surface area (Å²) in [7, 11) is -4.02. The first-order chi connectivity index (χ1) is 9.44. The Labute approximate surface area is 124 Å². The van der Waals surface area contributed by atoms with Gasteiger partial charge in [-0.2, -0.15) is 0 Å². The van der Waals surface area contributed by atoms with Gasteiger partial charge in [0.1, 0.15) is 10.7 Å². The largest absolute Gasteiger partial charge is 0.326 e. The highest BCUT2D eigenvalue weighted by atomic mass is 35.5. The Morgan fingerprint density at radius 2 is 2.20 bits per heavy atom. The lowest BCUT2D eigenvalue weighted by molar-refractivity contribution is 0.549. The molecule has 0 saturated carbocycles. The molecule has 1 aromatic heterocycles. The van der Waals surface area contributed by atoms with E-state index < -0.39 is 20.7 Å². The van der Waals surface area contributed by atoms with Crippen molar-refractivity contribution in [2.45, 2.75) is 18.0 Å². The summed E-state index contributed by atoms with van der Waals surface area (Å²) in [5, 5.41) is 1.81. The van der Waals surface area contributed by atoms with E-state index in [4.69, 9.17) is 17.3 Å². The molecule has 0 aliphatic carbocycles. The maximum absolute atomic E-state index is 14.0. The van der Waals surface area contributed by atoms with Crippen molar-refractivity contribution in [3.8, 4) is 0 Å². The average molecular weight is 336 g/mol. The van der Waals surface area contributed by atoms with Gasteiger partial charge in [-0.25, -0.2) is 22.5 Å². The second kappa shape index (κ2) is 6.15. The highest BCUT2D eigenvalue weighted by molar-refractivity contribution is 7.89. The molecule has 9 heteroatoms. The lowest BCUT2D eigenvalue weighted by atomic mass is 10.2. The van der Waals surface area contributed by atoms with Crippen LogP contribution < -0.4 is 10.5 Å². The van der Waals surface area contributed by atoms with Gasteiger partial charge < -0.3 is 5.73 Å². The predicted molar refractivity (Wildman–Crippen MR) is 75.4 cm³/mol. The average Bonchev–Trinajstić information content (AvgIpc) is 2.92. The van der Waals surface area contributed by atoms with Crippen molar-refractivity contribution >= 4 is 33.0 Å². The van der Waals surface area contributed by atoms with Crippen molar-refractivity contribution in [2.75, 3.05) is 0 Å². The van der Waals surface area contributed by atoms with Crippen LogP contribution in [0, 0.1) is 5.82 Å². The maximum Gasteiger partial charge on any atom is 0.243 e. The summed E-state index contributed by atoms with van der Waals surface area (Å²) < 4.78 is 40.5. The Balaban J connectivity index is 2.31. The number of halogens is 2. The van der Waals surface area contributed by atoms with E-state index in [1.165, 1.54) is 17.4 Å². The summed E-state index contributed by atoms with van der Waals surface area (Å²) >= 11 is 7.12. The molecular weight excluding hydrogens is 325 g/mol. The number of sulfonamides is 1. The molecule has 20 heavy (non-hydrogen) atoms. The van der Waals surface area contributed by atoms with Crippen LogP contribution in [-0.4, -0.2) is 13.4 Å². The van der Waals surface area contributed by atoms with Crippen LogP contribution in [0.1, 0.15) is 11.3 Å². The van der Waals surface area contributed by atoms with Crippen LogP contribution in [0.25, 0.3) is 0 Å². The van der Waals surface area contributed by atoms with E-state index in [0.29, 0.717) is 5.69 Å². The van der Waals surface area contributed by atoms with Gasteiger partial charge in [-0.05, 0) is 12.1 Å². The molecule has 0 aliphatic heterocycles. The number of benzene rings is 1. The van der Waals surface area contributed by atoms with Crippen LogP contribution in [0.15, 0.2) is 27.9 Å². The highest BCUT2D eigenvalue weighted by Gasteiger charge is 2.22. The number of aromatic nitrogens is 1. The fraction of sp³-hybridized carbons (Fsp3) is 0.182. The van der Waals surface area contributed by atoms with E-state index in [1.807, 2.05) is 0 Å². The number of nitrogens with two attached hydrogens (primary N) is 1. The molecule has 0 unspecified atom stereocenters. The van der Waals surface area contributed by atoms with E-state index >= 15 is 0 Å². The molecule has 0 amide bonds. The molecule has 3 N–H and O–H groups in total. The molecule has 0 spiro atoms. The predicted octanol–water partition coefficient (Wildman–Crippen LogP) is 1.87. The minimum atomic E-state index is -4.02. The monoisotopic (exact) mass is 335 g/mol. The van der Waals surface area contributed by atoms with E-state index in [-0.39, 0.29) is 23.7 Å². The quantitative estimate of drug-likeness (QED) is 0.873. The summed E-state index contributed by atoms with van der Waals surface area (Å²) in [5.41, 5.74) is 7.54. The molecule has 1 heterocycles. The first-order valence-corrected chi connectivity index (χ1v) is 8.29. The smallest absolute Gasteiger partial charge is 0.243 e. The van der Waals surface area contributed by atoms with Crippen molar-refractivity contribution in [3.63, 3.8) is 0 Å². The van der Waals surface area contributed by atoms with Gasteiger partial charge >= 0.3 is 0 Å².